The molecule has 0 spiro atoms. The van der Waals surface area contributed by atoms with E-state index in [1.165, 1.54) is 0 Å². The van der Waals surface area contributed by atoms with Gasteiger partial charge in [0.1, 0.15) is 12.3 Å². The zero-order valence-corrected chi connectivity index (χ0v) is 13.8. The third kappa shape index (κ3) is 4.22. The summed E-state index contributed by atoms with van der Waals surface area (Å²) in [6.07, 6.45) is 4.82. The Balaban J connectivity index is 1.73. The van der Waals surface area contributed by atoms with Crippen LogP contribution in [0.2, 0.25) is 0 Å². The van der Waals surface area contributed by atoms with Gasteiger partial charge in [0.05, 0.1) is 11.4 Å². The Labute approximate surface area is 141 Å². The third-order valence-electron chi connectivity index (χ3n) is 5.28. The molecule has 3 rings (SSSR count). The van der Waals surface area contributed by atoms with Gasteiger partial charge in [0.25, 0.3) is 0 Å². The van der Waals surface area contributed by atoms with Crippen molar-refractivity contribution in [2.24, 2.45) is 11.8 Å². The number of benzene rings is 1. The standard InChI is InChI=1S/C20H24F2O2/c21-17-10-6-14(7-11-17)19(15-8-12-18(22)13-9-15)24-20(23)16-4-2-1-3-5-16/h1-5,10,14-15,18-19H,6-9,11-13H2. The largest absolute Gasteiger partial charge is 0.458 e. The van der Waals surface area contributed by atoms with Crippen LogP contribution in [-0.2, 0) is 4.74 Å². The molecule has 0 N–H and O–H groups in total. The van der Waals surface area contributed by atoms with Gasteiger partial charge >= 0.3 is 5.97 Å². The summed E-state index contributed by atoms with van der Waals surface area (Å²) >= 11 is 0. The van der Waals surface area contributed by atoms with Gasteiger partial charge in [-0.1, -0.05) is 24.3 Å². The second kappa shape index (κ2) is 7.91. The molecule has 2 unspecified atom stereocenters. The minimum Gasteiger partial charge on any atom is -0.458 e. The number of alkyl halides is 1. The van der Waals surface area contributed by atoms with Crippen molar-refractivity contribution in [2.45, 2.75) is 57.2 Å². The fourth-order valence-electron chi connectivity index (χ4n) is 3.87. The van der Waals surface area contributed by atoms with E-state index in [0.717, 1.165) is 12.8 Å². The van der Waals surface area contributed by atoms with Crippen LogP contribution in [0.1, 0.15) is 55.3 Å². The van der Waals surface area contributed by atoms with Gasteiger partial charge < -0.3 is 4.74 Å². The monoisotopic (exact) mass is 334 g/mol. The van der Waals surface area contributed by atoms with Crippen LogP contribution in [0.4, 0.5) is 8.78 Å². The van der Waals surface area contributed by atoms with Crippen molar-refractivity contribution in [3.63, 3.8) is 0 Å². The Hall–Kier alpha value is -1.71. The van der Waals surface area contributed by atoms with Crippen LogP contribution in [0.5, 0.6) is 0 Å². The summed E-state index contributed by atoms with van der Waals surface area (Å²) in [5.74, 6) is -0.118. The smallest absolute Gasteiger partial charge is 0.338 e. The quantitative estimate of drug-likeness (QED) is 0.690. The lowest BCUT2D eigenvalue weighted by Crippen LogP contribution is -2.37. The van der Waals surface area contributed by atoms with Crippen LogP contribution in [-0.4, -0.2) is 18.2 Å². The third-order valence-corrected chi connectivity index (χ3v) is 5.28. The number of ether oxygens (including phenoxy) is 1. The molecule has 2 atom stereocenters. The summed E-state index contributed by atoms with van der Waals surface area (Å²) in [5.41, 5.74) is 0.527. The zero-order valence-electron chi connectivity index (χ0n) is 13.8. The fraction of sp³-hybridized carbons (Fsp3) is 0.550. The molecule has 1 aromatic carbocycles. The van der Waals surface area contributed by atoms with Crippen LogP contribution in [0.25, 0.3) is 0 Å². The van der Waals surface area contributed by atoms with Crippen LogP contribution in [0.3, 0.4) is 0 Å². The molecular weight excluding hydrogens is 310 g/mol. The molecule has 2 aliphatic rings. The Kier molecular flexibility index (Phi) is 5.64. The number of rotatable bonds is 4. The Morgan fingerprint density at radius 3 is 2.38 bits per heavy atom. The molecule has 0 bridgehead atoms. The van der Waals surface area contributed by atoms with Crippen LogP contribution >= 0.6 is 0 Å². The maximum atomic E-state index is 13.5. The molecule has 0 amide bonds. The lowest BCUT2D eigenvalue weighted by Gasteiger charge is -2.36. The second-order valence-electron chi connectivity index (χ2n) is 6.93. The number of allylic oxidation sites excluding steroid dienone is 2. The number of halogens is 2. The summed E-state index contributed by atoms with van der Waals surface area (Å²) in [5, 5.41) is 0. The highest BCUT2D eigenvalue weighted by Gasteiger charge is 2.36. The summed E-state index contributed by atoms with van der Waals surface area (Å²) < 4.78 is 32.7. The molecule has 0 heterocycles. The topological polar surface area (TPSA) is 26.3 Å². The molecule has 4 heteroatoms. The van der Waals surface area contributed by atoms with Crippen molar-refractivity contribution >= 4 is 5.97 Å². The van der Waals surface area contributed by atoms with Crippen molar-refractivity contribution in [1.82, 2.24) is 0 Å². The lowest BCUT2D eigenvalue weighted by atomic mass is 9.76. The van der Waals surface area contributed by atoms with Gasteiger partial charge in [-0.25, -0.2) is 13.6 Å². The SMILES string of the molecule is O=C(OC(C1CC=C(F)CC1)C1CCC(F)CC1)c1ccccc1. The first-order valence-corrected chi connectivity index (χ1v) is 8.88. The number of esters is 1. The summed E-state index contributed by atoms with van der Waals surface area (Å²) in [6, 6.07) is 8.93. The van der Waals surface area contributed by atoms with Crippen molar-refractivity contribution in [1.29, 1.82) is 0 Å². The Morgan fingerprint density at radius 2 is 1.75 bits per heavy atom. The molecule has 24 heavy (non-hydrogen) atoms. The van der Waals surface area contributed by atoms with Crippen molar-refractivity contribution < 1.29 is 18.3 Å². The van der Waals surface area contributed by atoms with Gasteiger partial charge in [0, 0.05) is 5.92 Å². The number of carbonyl (C=O) groups excluding carboxylic acids is 1. The van der Waals surface area contributed by atoms with E-state index in [2.05, 4.69) is 0 Å². The average Bonchev–Trinajstić information content (AvgIpc) is 2.62. The maximum absolute atomic E-state index is 13.5. The van der Waals surface area contributed by atoms with E-state index in [1.54, 1.807) is 30.3 Å². The molecule has 0 aromatic heterocycles. The second-order valence-corrected chi connectivity index (χ2v) is 6.93. The minimum absolute atomic E-state index is 0.0770. The van der Waals surface area contributed by atoms with E-state index in [9.17, 15) is 13.6 Å². The van der Waals surface area contributed by atoms with E-state index in [0.29, 0.717) is 37.7 Å². The van der Waals surface area contributed by atoms with E-state index < -0.39 is 6.17 Å². The molecule has 1 fully saturated rings. The average molecular weight is 334 g/mol. The maximum Gasteiger partial charge on any atom is 0.338 e. The summed E-state index contributed by atoms with van der Waals surface area (Å²) in [6.45, 7) is 0. The van der Waals surface area contributed by atoms with Crippen molar-refractivity contribution in [2.75, 3.05) is 0 Å². The molecule has 1 aromatic rings. The Morgan fingerprint density at radius 1 is 1.04 bits per heavy atom. The van der Waals surface area contributed by atoms with E-state index in [1.807, 2.05) is 6.07 Å². The highest BCUT2D eigenvalue weighted by atomic mass is 19.1. The predicted molar refractivity (Wildman–Crippen MR) is 89.0 cm³/mol. The highest BCUT2D eigenvalue weighted by Crippen LogP contribution is 2.38. The molecular formula is C20H24F2O2. The minimum atomic E-state index is -0.740. The lowest BCUT2D eigenvalue weighted by molar-refractivity contribution is -0.0227. The predicted octanol–water partition coefficient (Wildman–Crippen LogP) is 5.39. The number of carbonyl (C=O) groups is 1. The molecule has 0 radical (unpaired) electrons. The van der Waals surface area contributed by atoms with Crippen LogP contribution in [0.15, 0.2) is 42.2 Å². The number of hydrogen-bond donors (Lipinski definition) is 0. The molecule has 2 aliphatic carbocycles. The van der Waals surface area contributed by atoms with Crippen LogP contribution in [0, 0.1) is 11.8 Å². The van der Waals surface area contributed by atoms with Crippen molar-refractivity contribution in [3.8, 4) is 0 Å². The van der Waals surface area contributed by atoms with Gasteiger partial charge in [-0.2, -0.15) is 0 Å². The first-order valence-electron chi connectivity index (χ1n) is 8.88. The van der Waals surface area contributed by atoms with E-state index in [4.69, 9.17) is 4.74 Å². The van der Waals surface area contributed by atoms with E-state index >= 15 is 0 Å². The molecule has 2 nitrogen and oxygen atoms in total. The first kappa shape index (κ1) is 17.1. The fourth-order valence-corrected chi connectivity index (χ4v) is 3.87. The normalized spacial score (nSPS) is 28.8. The highest BCUT2D eigenvalue weighted by molar-refractivity contribution is 5.89. The first-order chi connectivity index (χ1) is 11.6. The summed E-state index contributed by atoms with van der Waals surface area (Å²) in [7, 11) is 0. The van der Waals surface area contributed by atoms with Gasteiger partial charge in [-0.05, 0) is 63.0 Å². The zero-order chi connectivity index (χ0) is 16.9. The van der Waals surface area contributed by atoms with Gasteiger partial charge in [-0.15, -0.1) is 0 Å². The Bertz CT molecular complexity index is 577. The van der Waals surface area contributed by atoms with Gasteiger partial charge in [0.15, 0.2) is 0 Å². The molecule has 1 saturated carbocycles. The summed E-state index contributed by atoms with van der Waals surface area (Å²) in [4.78, 5) is 12.5. The van der Waals surface area contributed by atoms with Crippen LogP contribution < -0.4 is 0 Å². The van der Waals surface area contributed by atoms with Gasteiger partial charge in [0.2, 0.25) is 0 Å². The number of hydrogen-bond acceptors (Lipinski definition) is 2. The van der Waals surface area contributed by atoms with E-state index in [-0.39, 0.29) is 29.7 Å². The molecule has 0 saturated heterocycles. The van der Waals surface area contributed by atoms with Crippen molar-refractivity contribution in [3.05, 3.63) is 47.8 Å². The molecule has 130 valence electrons. The molecule has 0 aliphatic heterocycles. The van der Waals surface area contributed by atoms with Gasteiger partial charge in [-0.3, -0.25) is 0 Å².